The van der Waals surface area contributed by atoms with Gasteiger partial charge in [-0.1, -0.05) is 112 Å². The maximum Gasteiger partial charge on any atom is 0.128 e. The van der Waals surface area contributed by atoms with Gasteiger partial charge in [0.15, 0.2) is 0 Å². The van der Waals surface area contributed by atoms with Gasteiger partial charge in [0.25, 0.3) is 0 Å². The predicted octanol–water partition coefficient (Wildman–Crippen LogP) is 12.6. The second-order valence-corrected chi connectivity index (χ2v) is 17.1. The number of rotatable bonds is 4. The third kappa shape index (κ3) is 6.52. The summed E-state index contributed by atoms with van der Waals surface area (Å²) >= 11 is 14.7. The van der Waals surface area contributed by atoms with Crippen molar-refractivity contribution in [1.82, 2.24) is 19.9 Å². The Morgan fingerprint density at radius 1 is 0.426 bits per heavy atom. The van der Waals surface area contributed by atoms with Crippen LogP contribution in [0.2, 0.25) is 0 Å². The highest BCUT2D eigenvalue weighted by Gasteiger charge is 2.34. The van der Waals surface area contributed by atoms with E-state index in [1.54, 1.807) is 0 Å². The summed E-state index contributed by atoms with van der Waals surface area (Å²) in [6.07, 6.45) is -1.13. The first-order valence-corrected chi connectivity index (χ1v) is 20.6. The number of aromatic nitrogens is 4. The number of aliphatic hydroxyl groups excluding tert-OH is 2. The molecule has 0 unspecified atom stereocenters. The molecule has 3 aromatic heterocycles. The van der Waals surface area contributed by atoms with Gasteiger partial charge < -0.3 is 20.2 Å². The van der Waals surface area contributed by atoms with Crippen molar-refractivity contribution in [3.05, 3.63) is 162 Å². The van der Waals surface area contributed by atoms with Crippen molar-refractivity contribution >= 4 is 85.8 Å². The highest BCUT2D eigenvalue weighted by atomic mass is 79.9. The van der Waals surface area contributed by atoms with Crippen molar-refractivity contribution in [2.75, 3.05) is 0 Å². The first-order chi connectivity index (χ1) is 26.2. The average molecular weight is 966 g/mol. The Morgan fingerprint density at radius 2 is 0.741 bits per heavy atom. The van der Waals surface area contributed by atoms with Crippen LogP contribution in [0.1, 0.15) is 35.0 Å². The molecule has 4 N–H and O–H groups in total. The van der Waals surface area contributed by atoms with Gasteiger partial charge in [-0.15, -0.1) is 0 Å². The fraction of sp³-hybridized carbons (Fsp3) is 0.0909. The van der Waals surface area contributed by atoms with Crippen LogP contribution in [-0.2, 0) is 12.8 Å². The maximum absolute atomic E-state index is 12.0. The average Bonchev–Trinajstić information content (AvgIpc) is 3.97. The number of hydrogen-bond donors (Lipinski definition) is 4. The quantitative estimate of drug-likeness (QED) is 0.141. The standard InChI is InChI=1S/C44H30Br4N4O2/c45-27-9-1-5-23(19-27)37-31-13-14-32(49-31)38(24-6-2-10-28(46)20-24)34-16-18-36(51-34)40(26-8-4-12-30(48)22-26)42-44(54)43(53)41(52-42)39(35-17-15-33(37)50-35)25-7-3-11-29(47)21-25/h1-12,15-22,43-44,50-51,53-54H,13-14H2/t43-,44+. The van der Waals surface area contributed by atoms with E-state index in [9.17, 15) is 10.2 Å². The summed E-state index contributed by atoms with van der Waals surface area (Å²) in [7, 11) is 0. The van der Waals surface area contributed by atoms with Crippen molar-refractivity contribution in [3.8, 4) is 44.5 Å². The van der Waals surface area contributed by atoms with E-state index in [0.29, 0.717) is 22.5 Å². The van der Waals surface area contributed by atoms with Crippen molar-refractivity contribution in [3.63, 3.8) is 0 Å². The molecule has 6 nitrogen and oxygen atoms in total. The van der Waals surface area contributed by atoms with E-state index in [1.165, 1.54) is 0 Å². The summed E-state index contributed by atoms with van der Waals surface area (Å²) in [6.45, 7) is 0. The van der Waals surface area contributed by atoms with Gasteiger partial charge in [0, 0.05) is 62.2 Å². The number of aromatic amines is 2. The fourth-order valence-electron chi connectivity index (χ4n) is 7.63. The summed E-state index contributed by atoms with van der Waals surface area (Å²) in [6, 6.07) is 40.6. The highest BCUT2D eigenvalue weighted by molar-refractivity contribution is 9.11. The second kappa shape index (κ2) is 14.5. The van der Waals surface area contributed by atoms with Crippen LogP contribution in [0, 0.1) is 0 Å². The number of benzene rings is 4. The van der Waals surface area contributed by atoms with Gasteiger partial charge in [0.1, 0.15) is 12.2 Å². The molecule has 7 aromatic rings. The molecule has 2 atom stereocenters. The number of fused-ring (bicyclic) bond motifs is 8. The molecule has 9 rings (SSSR count). The normalized spacial score (nSPS) is 15.4. The Bertz CT molecular complexity index is 2610. The maximum atomic E-state index is 12.0. The van der Waals surface area contributed by atoms with Crippen LogP contribution in [0.15, 0.2) is 139 Å². The van der Waals surface area contributed by atoms with Crippen LogP contribution in [-0.4, -0.2) is 30.1 Å². The van der Waals surface area contributed by atoms with Gasteiger partial charge in [-0.3, -0.25) is 9.97 Å². The predicted molar refractivity (Wildman–Crippen MR) is 231 cm³/mol. The zero-order valence-corrected chi connectivity index (χ0v) is 34.8. The van der Waals surface area contributed by atoms with Crippen LogP contribution in [0.4, 0.5) is 0 Å². The summed E-state index contributed by atoms with van der Waals surface area (Å²) in [5, 5.41) is 24.0. The minimum atomic E-state index is -1.30. The van der Waals surface area contributed by atoms with Crippen molar-refractivity contribution in [2.24, 2.45) is 0 Å². The van der Waals surface area contributed by atoms with Gasteiger partial charge in [-0.05, 0) is 108 Å². The van der Waals surface area contributed by atoms with Crippen molar-refractivity contribution in [1.29, 1.82) is 0 Å². The van der Waals surface area contributed by atoms with Gasteiger partial charge in [-0.2, -0.15) is 0 Å². The minimum absolute atomic E-state index is 0.370. The second-order valence-electron chi connectivity index (χ2n) is 13.4. The SMILES string of the molecule is O[C@@H]1c2nc(c(-c3cccc(Br)c3)c3ccc([nH]3)c(-c3cccc(Br)c3)c3nc(c(-c4cccc(Br)c4)c4ccc([nH]4)c2-c2cccc(Br)c2)CC3)[C@@H]1O. The Labute approximate surface area is 344 Å². The molecular weight excluding hydrogens is 936 g/mol. The lowest BCUT2D eigenvalue weighted by molar-refractivity contribution is 0.0260. The number of aryl methyl sites for hydroxylation is 2. The monoisotopic (exact) mass is 962 g/mol. The number of aliphatic hydroxyl groups is 2. The van der Waals surface area contributed by atoms with Crippen LogP contribution in [0.5, 0.6) is 0 Å². The van der Waals surface area contributed by atoms with E-state index in [2.05, 4.69) is 110 Å². The fourth-order valence-corrected chi connectivity index (χ4v) is 9.23. The molecular formula is C44H30Br4N4O2. The molecule has 2 aliphatic rings. The zero-order chi connectivity index (χ0) is 37.1. The smallest absolute Gasteiger partial charge is 0.128 e. The molecule has 0 saturated carbocycles. The third-order valence-corrected chi connectivity index (χ3v) is 11.9. The molecule has 0 amide bonds. The summed E-state index contributed by atoms with van der Waals surface area (Å²) < 4.78 is 3.70. The summed E-state index contributed by atoms with van der Waals surface area (Å²) in [4.78, 5) is 18.1. The summed E-state index contributed by atoms with van der Waals surface area (Å²) in [5.41, 5.74) is 13.0. The molecule has 2 aliphatic heterocycles. The van der Waals surface area contributed by atoms with Gasteiger partial charge in [0.05, 0.1) is 22.8 Å². The minimum Gasteiger partial charge on any atom is -0.384 e. The number of nitrogens with one attached hydrogen (secondary N) is 2. The Balaban J connectivity index is 1.51. The van der Waals surface area contributed by atoms with Crippen LogP contribution < -0.4 is 0 Å². The molecule has 0 aliphatic carbocycles. The molecule has 5 heterocycles. The Kier molecular flexibility index (Phi) is 9.53. The zero-order valence-electron chi connectivity index (χ0n) is 28.4. The van der Waals surface area contributed by atoms with E-state index < -0.39 is 12.2 Å². The van der Waals surface area contributed by atoms with E-state index in [0.717, 1.165) is 97.6 Å². The lowest BCUT2D eigenvalue weighted by Gasteiger charge is -2.13. The molecule has 266 valence electrons. The summed E-state index contributed by atoms with van der Waals surface area (Å²) in [5.74, 6) is 0. The number of nitrogens with zero attached hydrogens (tertiary/aromatic N) is 2. The Morgan fingerprint density at radius 3 is 1.07 bits per heavy atom. The number of halogens is 4. The molecule has 0 spiro atoms. The third-order valence-electron chi connectivity index (χ3n) is 9.96. The molecule has 0 radical (unpaired) electrons. The van der Waals surface area contributed by atoms with Gasteiger partial charge in [-0.25, -0.2) is 0 Å². The van der Waals surface area contributed by atoms with E-state index in [4.69, 9.17) is 9.97 Å². The van der Waals surface area contributed by atoms with E-state index in [1.807, 2.05) is 84.9 Å². The van der Waals surface area contributed by atoms with Crippen LogP contribution >= 0.6 is 63.7 Å². The first kappa shape index (κ1) is 35.5. The molecule has 0 fully saturated rings. The van der Waals surface area contributed by atoms with Gasteiger partial charge >= 0.3 is 0 Å². The van der Waals surface area contributed by atoms with Crippen LogP contribution in [0.3, 0.4) is 0 Å². The van der Waals surface area contributed by atoms with E-state index in [-0.39, 0.29) is 0 Å². The molecule has 8 bridgehead atoms. The van der Waals surface area contributed by atoms with Crippen LogP contribution in [0.25, 0.3) is 66.6 Å². The lowest BCUT2D eigenvalue weighted by atomic mass is 9.97. The largest absolute Gasteiger partial charge is 0.384 e. The number of H-pyrrole nitrogens is 2. The van der Waals surface area contributed by atoms with Crippen molar-refractivity contribution in [2.45, 2.75) is 25.0 Å². The Hall–Kier alpha value is -4.16. The molecule has 54 heavy (non-hydrogen) atoms. The topological polar surface area (TPSA) is 97.8 Å². The molecule has 10 heteroatoms. The number of hydrogen-bond acceptors (Lipinski definition) is 4. The van der Waals surface area contributed by atoms with Crippen molar-refractivity contribution < 1.29 is 10.2 Å². The molecule has 0 saturated heterocycles. The lowest BCUT2D eigenvalue weighted by Crippen LogP contribution is -2.05. The first-order valence-electron chi connectivity index (χ1n) is 17.4. The van der Waals surface area contributed by atoms with Gasteiger partial charge in [0.2, 0.25) is 0 Å². The molecule has 4 aromatic carbocycles. The van der Waals surface area contributed by atoms with E-state index >= 15 is 0 Å². The highest BCUT2D eigenvalue weighted by Crippen LogP contribution is 2.45.